The fourth-order valence-electron chi connectivity index (χ4n) is 2.48. The molecule has 1 rings (SSSR count). The van der Waals surface area contributed by atoms with E-state index in [1.807, 2.05) is 0 Å². The van der Waals surface area contributed by atoms with E-state index >= 15 is 0 Å². The van der Waals surface area contributed by atoms with Crippen molar-refractivity contribution in [2.24, 2.45) is 5.73 Å². The molecular weight excluding hydrogens is 214 g/mol. The van der Waals surface area contributed by atoms with E-state index in [9.17, 15) is 4.79 Å². The Labute approximate surface area is 105 Å². The number of hydrogen-bond acceptors (Lipinski definition) is 3. The Morgan fingerprint density at radius 1 is 1.35 bits per heavy atom. The second kappa shape index (κ2) is 8.48. The van der Waals surface area contributed by atoms with Gasteiger partial charge in [-0.2, -0.15) is 0 Å². The van der Waals surface area contributed by atoms with Crippen molar-refractivity contribution in [1.82, 2.24) is 10.2 Å². The van der Waals surface area contributed by atoms with Crippen LogP contribution < -0.4 is 11.1 Å². The smallest absolute Gasteiger partial charge is 0.221 e. The minimum absolute atomic E-state index is 0.0767. The van der Waals surface area contributed by atoms with Crippen LogP contribution in [0, 0.1) is 0 Å². The molecule has 17 heavy (non-hydrogen) atoms. The van der Waals surface area contributed by atoms with Gasteiger partial charge >= 0.3 is 0 Å². The van der Waals surface area contributed by atoms with E-state index in [-0.39, 0.29) is 5.91 Å². The van der Waals surface area contributed by atoms with Gasteiger partial charge in [-0.05, 0) is 32.9 Å². The summed E-state index contributed by atoms with van der Waals surface area (Å²) in [5, 5.41) is 2.90. The first-order valence-corrected chi connectivity index (χ1v) is 6.91. The predicted molar refractivity (Wildman–Crippen MR) is 70.8 cm³/mol. The molecule has 0 aromatic heterocycles. The third-order valence-corrected chi connectivity index (χ3v) is 3.58. The van der Waals surface area contributed by atoms with Gasteiger partial charge in [0, 0.05) is 25.6 Å². The van der Waals surface area contributed by atoms with Gasteiger partial charge in [0.2, 0.25) is 5.91 Å². The standard InChI is InChI=1S/C13H27N3O/c1-16(12-6-3-2-4-7-12)11-5-10-15-13(17)8-9-14/h12H,2-11,14H2,1H3,(H,15,17). The summed E-state index contributed by atoms with van der Waals surface area (Å²) >= 11 is 0. The van der Waals surface area contributed by atoms with E-state index in [4.69, 9.17) is 5.73 Å². The highest BCUT2D eigenvalue weighted by Crippen LogP contribution is 2.21. The summed E-state index contributed by atoms with van der Waals surface area (Å²) in [7, 11) is 2.21. The lowest BCUT2D eigenvalue weighted by atomic mass is 9.94. The summed E-state index contributed by atoms with van der Waals surface area (Å²) in [6, 6.07) is 0.767. The summed E-state index contributed by atoms with van der Waals surface area (Å²) in [6.07, 6.45) is 8.32. The lowest BCUT2D eigenvalue weighted by Crippen LogP contribution is -2.36. The van der Waals surface area contributed by atoms with Gasteiger partial charge in [-0.1, -0.05) is 19.3 Å². The van der Waals surface area contributed by atoms with Crippen molar-refractivity contribution < 1.29 is 4.79 Å². The molecule has 0 radical (unpaired) electrons. The molecule has 100 valence electrons. The highest BCUT2D eigenvalue weighted by Gasteiger charge is 2.17. The Hall–Kier alpha value is -0.610. The zero-order chi connectivity index (χ0) is 12.5. The van der Waals surface area contributed by atoms with E-state index in [0.29, 0.717) is 13.0 Å². The minimum Gasteiger partial charge on any atom is -0.356 e. The zero-order valence-electron chi connectivity index (χ0n) is 11.1. The summed E-state index contributed by atoms with van der Waals surface area (Å²) in [5.41, 5.74) is 5.31. The average Bonchev–Trinajstić information content (AvgIpc) is 2.36. The van der Waals surface area contributed by atoms with Crippen molar-refractivity contribution in [1.29, 1.82) is 0 Å². The second-order valence-electron chi connectivity index (χ2n) is 5.01. The molecule has 0 unspecified atom stereocenters. The fourth-order valence-corrected chi connectivity index (χ4v) is 2.48. The van der Waals surface area contributed by atoms with Crippen LogP contribution in [0.5, 0.6) is 0 Å². The number of carbonyl (C=O) groups is 1. The molecule has 0 bridgehead atoms. The van der Waals surface area contributed by atoms with Gasteiger partial charge in [-0.3, -0.25) is 4.79 Å². The first-order chi connectivity index (χ1) is 8.24. The van der Waals surface area contributed by atoms with Crippen molar-refractivity contribution in [2.75, 3.05) is 26.7 Å². The molecule has 0 spiro atoms. The highest BCUT2D eigenvalue weighted by molar-refractivity contribution is 5.75. The Bertz CT molecular complexity index is 215. The number of nitrogens with zero attached hydrogens (tertiary/aromatic N) is 1. The molecule has 0 aromatic rings. The van der Waals surface area contributed by atoms with E-state index < -0.39 is 0 Å². The van der Waals surface area contributed by atoms with Crippen LogP contribution in [0.3, 0.4) is 0 Å². The van der Waals surface area contributed by atoms with Crippen LogP contribution >= 0.6 is 0 Å². The first-order valence-electron chi connectivity index (χ1n) is 6.91. The summed E-state index contributed by atoms with van der Waals surface area (Å²) < 4.78 is 0. The molecule has 0 atom stereocenters. The molecule has 0 heterocycles. The number of nitrogens with one attached hydrogen (secondary N) is 1. The number of hydrogen-bond donors (Lipinski definition) is 2. The molecule has 1 fully saturated rings. The lowest BCUT2D eigenvalue weighted by Gasteiger charge is -2.31. The van der Waals surface area contributed by atoms with Crippen LogP contribution in [0.25, 0.3) is 0 Å². The highest BCUT2D eigenvalue weighted by atomic mass is 16.1. The maximum Gasteiger partial charge on any atom is 0.221 e. The molecule has 4 heteroatoms. The summed E-state index contributed by atoms with van der Waals surface area (Å²) in [5.74, 6) is 0.0767. The molecule has 0 aliphatic heterocycles. The lowest BCUT2D eigenvalue weighted by molar-refractivity contribution is -0.120. The molecular formula is C13H27N3O. The topological polar surface area (TPSA) is 58.4 Å². The Balaban J connectivity index is 2.03. The van der Waals surface area contributed by atoms with E-state index in [0.717, 1.165) is 25.6 Å². The first kappa shape index (κ1) is 14.5. The molecule has 0 saturated heterocycles. The van der Waals surface area contributed by atoms with Crippen molar-refractivity contribution in [3.8, 4) is 0 Å². The second-order valence-corrected chi connectivity index (χ2v) is 5.01. The molecule has 1 aliphatic carbocycles. The number of amides is 1. The van der Waals surface area contributed by atoms with Gasteiger partial charge in [-0.15, -0.1) is 0 Å². The SMILES string of the molecule is CN(CCCNC(=O)CCN)C1CCCCC1. The molecule has 4 nitrogen and oxygen atoms in total. The Kier molecular flexibility index (Phi) is 7.21. The van der Waals surface area contributed by atoms with E-state index in [2.05, 4.69) is 17.3 Å². The van der Waals surface area contributed by atoms with Crippen LogP contribution in [0.1, 0.15) is 44.9 Å². The third kappa shape index (κ3) is 6.03. The zero-order valence-corrected chi connectivity index (χ0v) is 11.1. The van der Waals surface area contributed by atoms with Crippen LogP contribution in [-0.2, 0) is 4.79 Å². The van der Waals surface area contributed by atoms with Crippen LogP contribution in [0.2, 0.25) is 0 Å². The minimum atomic E-state index is 0.0767. The quantitative estimate of drug-likeness (QED) is 0.656. The largest absolute Gasteiger partial charge is 0.356 e. The normalized spacial score (nSPS) is 17.4. The molecule has 1 aliphatic rings. The van der Waals surface area contributed by atoms with Gasteiger partial charge in [0.1, 0.15) is 0 Å². The fraction of sp³-hybridized carbons (Fsp3) is 0.923. The van der Waals surface area contributed by atoms with Crippen molar-refractivity contribution >= 4 is 5.91 Å². The Morgan fingerprint density at radius 2 is 2.06 bits per heavy atom. The molecule has 1 saturated carbocycles. The van der Waals surface area contributed by atoms with Gasteiger partial charge in [-0.25, -0.2) is 0 Å². The molecule has 3 N–H and O–H groups in total. The van der Waals surface area contributed by atoms with Crippen LogP contribution in [0.4, 0.5) is 0 Å². The predicted octanol–water partition coefficient (Wildman–Crippen LogP) is 1.11. The number of carbonyl (C=O) groups excluding carboxylic acids is 1. The maximum atomic E-state index is 11.2. The number of nitrogens with two attached hydrogens (primary N) is 1. The van der Waals surface area contributed by atoms with Gasteiger partial charge < -0.3 is 16.0 Å². The molecule has 1 amide bonds. The number of rotatable bonds is 7. The van der Waals surface area contributed by atoms with Crippen molar-refractivity contribution in [3.63, 3.8) is 0 Å². The van der Waals surface area contributed by atoms with Gasteiger partial charge in [0.25, 0.3) is 0 Å². The van der Waals surface area contributed by atoms with Crippen LogP contribution in [-0.4, -0.2) is 43.5 Å². The third-order valence-electron chi connectivity index (χ3n) is 3.58. The molecule has 0 aromatic carbocycles. The van der Waals surface area contributed by atoms with Crippen LogP contribution in [0.15, 0.2) is 0 Å². The Morgan fingerprint density at radius 3 is 2.71 bits per heavy atom. The van der Waals surface area contributed by atoms with Crippen molar-refractivity contribution in [2.45, 2.75) is 51.0 Å². The van der Waals surface area contributed by atoms with Gasteiger partial charge in [0.15, 0.2) is 0 Å². The summed E-state index contributed by atoms with van der Waals surface area (Å²) in [6.45, 7) is 2.29. The monoisotopic (exact) mass is 241 g/mol. The van der Waals surface area contributed by atoms with Gasteiger partial charge in [0.05, 0.1) is 0 Å². The van der Waals surface area contributed by atoms with Crippen molar-refractivity contribution in [3.05, 3.63) is 0 Å². The summed E-state index contributed by atoms with van der Waals surface area (Å²) in [4.78, 5) is 13.6. The average molecular weight is 241 g/mol. The van der Waals surface area contributed by atoms with E-state index in [1.54, 1.807) is 0 Å². The maximum absolute atomic E-state index is 11.2. The van der Waals surface area contributed by atoms with E-state index in [1.165, 1.54) is 32.1 Å².